The van der Waals surface area contributed by atoms with Gasteiger partial charge in [-0.25, -0.2) is 4.79 Å². The molecular weight excluding hydrogens is 388 g/mol. The Labute approximate surface area is 173 Å². The number of nitrogens with one attached hydrogen (secondary N) is 1. The monoisotopic (exact) mass is 410 g/mol. The van der Waals surface area contributed by atoms with E-state index in [4.69, 9.17) is 4.74 Å². The predicted molar refractivity (Wildman–Crippen MR) is 112 cm³/mol. The second-order valence-electron chi connectivity index (χ2n) is 7.34. The Morgan fingerprint density at radius 1 is 1.17 bits per heavy atom. The summed E-state index contributed by atoms with van der Waals surface area (Å²) in [6, 6.07) is 14.0. The fraction of sp³-hybridized carbons (Fsp3) is 0.333. The summed E-state index contributed by atoms with van der Waals surface area (Å²) in [5.74, 6) is -0.364. The molecule has 0 aromatic heterocycles. The molecule has 2 heterocycles. The minimum Gasteiger partial charge on any atom is -0.447 e. The van der Waals surface area contributed by atoms with E-state index in [0.717, 1.165) is 18.5 Å². The first-order valence-corrected chi connectivity index (χ1v) is 9.86. The highest BCUT2D eigenvalue weighted by Gasteiger charge is 2.31. The number of anilines is 3. The van der Waals surface area contributed by atoms with Crippen LogP contribution in [0.2, 0.25) is 0 Å². The molecule has 4 rings (SSSR count). The Bertz CT molecular complexity index is 965. The lowest BCUT2D eigenvalue weighted by Gasteiger charge is -2.33. The first kappa shape index (κ1) is 19.7. The molecule has 0 saturated carbocycles. The van der Waals surface area contributed by atoms with Crippen molar-refractivity contribution in [3.05, 3.63) is 58.6 Å². The third-order valence-electron chi connectivity index (χ3n) is 5.40. The number of rotatable bonds is 5. The highest BCUT2D eigenvalue weighted by Crippen LogP contribution is 2.35. The van der Waals surface area contributed by atoms with Gasteiger partial charge in [0.2, 0.25) is 5.91 Å². The number of carbonyl (C=O) groups excluding carboxylic acids is 2. The molecule has 2 amide bonds. The van der Waals surface area contributed by atoms with E-state index in [2.05, 4.69) is 5.32 Å². The lowest BCUT2D eigenvalue weighted by molar-refractivity contribution is -0.384. The smallest absolute Gasteiger partial charge is 0.414 e. The highest BCUT2D eigenvalue weighted by molar-refractivity contribution is 5.93. The van der Waals surface area contributed by atoms with Gasteiger partial charge in [0.15, 0.2) is 0 Å². The van der Waals surface area contributed by atoms with Crippen LogP contribution in [0.25, 0.3) is 0 Å². The topological polar surface area (TPSA) is 105 Å². The van der Waals surface area contributed by atoms with Crippen molar-refractivity contribution in [2.45, 2.75) is 12.8 Å². The molecular formula is C21H22N4O5. The minimum atomic E-state index is -0.507. The molecule has 0 aliphatic carbocycles. The van der Waals surface area contributed by atoms with Crippen molar-refractivity contribution in [3.63, 3.8) is 0 Å². The van der Waals surface area contributed by atoms with E-state index in [9.17, 15) is 19.7 Å². The zero-order valence-corrected chi connectivity index (χ0v) is 16.3. The molecule has 9 heteroatoms. The number of benzene rings is 2. The van der Waals surface area contributed by atoms with Gasteiger partial charge in [-0.05, 0) is 37.1 Å². The van der Waals surface area contributed by atoms with E-state index in [0.29, 0.717) is 31.0 Å². The molecule has 1 atom stereocenters. The lowest BCUT2D eigenvalue weighted by Crippen LogP contribution is -2.41. The van der Waals surface area contributed by atoms with Crippen LogP contribution in [0.4, 0.5) is 27.5 Å². The van der Waals surface area contributed by atoms with Crippen LogP contribution in [0.5, 0.6) is 0 Å². The molecule has 2 aliphatic heterocycles. The Morgan fingerprint density at radius 2 is 1.97 bits per heavy atom. The Kier molecular flexibility index (Phi) is 5.51. The third kappa shape index (κ3) is 4.05. The van der Waals surface area contributed by atoms with Gasteiger partial charge in [0, 0.05) is 24.8 Å². The molecule has 2 aromatic carbocycles. The van der Waals surface area contributed by atoms with Crippen molar-refractivity contribution in [3.8, 4) is 0 Å². The number of cyclic esters (lactones) is 1. The van der Waals surface area contributed by atoms with Crippen LogP contribution in [0.15, 0.2) is 48.5 Å². The SMILES string of the molecule is O=C(Nc1ccccc1)[C@@H]1CCCN(c2ccc(N3CCOC3=O)cc2[N+](=O)[O-])C1. The minimum absolute atomic E-state index is 0.0867. The van der Waals surface area contributed by atoms with E-state index in [1.807, 2.05) is 35.2 Å². The summed E-state index contributed by atoms with van der Waals surface area (Å²) in [5.41, 5.74) is 1.53. The molecule has 0 spiro atoms. The molecule has 2 aliphatic rings. The second kappa shape index (κ2) is 8.40. The number of para-hydroxylation sites is 1. The van der Waals surface area contributed by atoms with Gasteiger partial charge in [-0.1, -0.05) is 18.2 Å². The molecule has 2 fully saturated rings. The summed E-state index contributed by atoms with van der Waals surface area (Å²) in [7, 11) is 0. The number of nitro groups is 1. The quantitative estimate of drug-likeness (QED) is 0.598. The third-order valence-corrected chi connectivity index (χ3v) is 5.40. The average Bonchev–Trinajstić information content (AvgIpc) is 3.20. The van der Waals surface area contributed by atoms with Crippen LogP contribution in [-0.2, 0) is 9.53 Å². The second-order valence-corrected chi connectivity index (χ2v) is 7.34. The molecule has 156 valence electrons. The maximum atomic E-state index is 12.7. The summed E-state index contributed by atoms with van der Waals surface area (Å²) in [4.78, 5) is 39.0. The Morgan fingerprint density at radius 3 is 2.67 bits per heavy atom. The van der Waals surface area contributed by atoms with Crippen LogP contribution in [0.1, 0.15) is 12.8 Å². The molecule has 2 aromatic rings. The van der Waals surface area contributed by atoms with Gasteiger partial charge in [-0.3, -0.25) is 19.8 Å². The van der Waals surface area contributed by atoms with Crippen molar-refractivity contribution < 1.29 is 19.2 Å². The number of nitrogens with zero attached hydrogens (tertiary/aromatic N) is 3. The number of carbonyl (C=O) groups is 2. The van der Waals surface area contributed by atoms with Gasteiger partial charge in [0.05, 0.1) is 23.1 Å². The zero-order chi connectivity index (χ0) is 21.1. The summed E-state index contributed by atoms with van der Waals surface area (Å²) in [5, 5.41) is 14.6. The van der Waals surface area contributed by atoms with Gasteiger partial charge in [-0.15, -0.1) is 0 Å². The molecule has 0 radical (unpaired) electrons. The number of amides is 2. The van der Waals surface area contributed by atoms with Crippen LogP contribution in [0.3, 0.4) is 0 Å². The van der Waals surface area contributed by atoms with Crippen LogP contribution >= 0.6 is 0 Å². The van der Waals surface area contributed by atoms with Gasteiger partial charge < -0.3 is 15.0 Å². The van der Waals surface area contributed by atoms with Gasteiger partial charge in [-0.2, -0.15) is 0 Å². The average molecular weight is 410 g/mol. The maximum Gasteiger partial charge on any atom is 0.414 e. The Balaban J connectivity index is 1.53. The molecule has 0 unspecified atom stereocenters. The first-order chi connectivity index (χ1) is 14.5. The van der Waals surface area contributed by atoms with E-state index in [-0.39, 0.29) is 24.1 Å². The molecule has 9 nitrogen and oxygen atoms in total. The summed E-state index contributed by atoms with van der Waals surface area (Å²) < 4.78 is 4.92. The number of ether oxygens (including phenoxy) is 1. The Hall–Kier alpha value is -3.62. The normalized spacial score (nSPS) is 18.8. The molecule has 1 N–H and O–H groups in total. The standard InChI is InChI=1S/C21H22N4O5/c26-20(22-16-6-2-1-3-7-16)15-5-4-10-23(14-15)18-9-8-17(13-19(18)25(28)29)24-11-12-30-21(24)27/h1-3,6-9,13,15H,4-5,10-12,14H2,(H,22,26)/t15-/m1/s1. The number of hydrogen-bond donors (Lipinski definition) is 1. The van der Waals surface area contributed by atoms with E-state index in [1.165, 1.54) is 11.0 Å². The fourth-order valence-corrected chi connectivity index (χ4v) is 3.90. The van der Waals surface area contributed by atoms with Crippen LogP contribution in [0, 0.1) is 16.0 Å². The fourth-order valence-electron chi connectivity index (χ4n) is 3.90. The summed E-state index contributed by atoms with van der Waals surface area (Å²) in [6.45, 7) is 1.64. The predicted octanol–water partition coefficient (Wildman–Crippen LogP) is 3.41. The molecule has 2 saturated heterocycles. The van der Waals surface area contributed by atoms with Crippen LogP contribution < -0.4 is 15.1 Å². The van der Waals surface area contributed by atoms with E-state index < -0.39 is 11.0 Å². The van der Waals surface area contributed by atoms with E-state index >= 15 is 0 Å². The van der Waals surface area contributed by atoms with Crippen molar-refractivity contribution in [2.75, 3.05) is 41.4 Å². The van der Waals surface area contributed by atoms with Crippen molar-refractivity contribution in [2.24, 2.45) is 5.92 Å². The van der Waals surface area contributed by atoms with Crippen molar-refractivity contribution in [1.29, 1.82) is 0 Å². The van der Waals surface area contributed by atoms with Gasteiger partial charge in [0.25, 0.3) is 5.69 Å². The molecule has 0 bridgehead atoms. The van der Waals surface area contributed by atoms with Gasteiger partial charge >= 0.3 is 6.09 Å². The van der Waals surface area contributed by atoms with Crippen molar-refractivity contribution in [1.82, 2.24) is 0 Å². The number of nitro benzene ring substituents is 1. The largest absolute Gasteiger partial charge is 0.447 e. The first-order valence-electron chi connectivity index (χ1n) is 9.86. The van der Waals surface area contributed by atoms with E-state index in [1.54, 1.807) is 12.1 Å². The zero-order valence-electron chi connectivity index (χ0n) is 16.3. The molecule has 30 heavy (non-hydrogen) atoms. The summed E-state index contributed by atoms with van der Waals surface area (Å²) in [6.07, 6.45) is 0.970. The van der Waals surface area contributed by atoms with Crippen LogP contribution in [-0.4, -0.2) is 43.2 Å². The van der Waals surface area contributed by atoms with Crippen molar-refractivity contribution >= 4 is 34.7 Å². The number of hydrogen-bond acceptors (Lipinski definition) is 6. The van der Waals surface area contributed by atoms with Gasteiger partial charge in [0.1, 0.15) is 12.3 Å². The number of piperidine rings is 1. The highest BCUT2D eigenvalue weighted by atomic mass is 16.6. The maximum absolute atomic E-state index is 12.7. The lowest BCUT2D eigenvalue weighted by atomic mass is 9.96. The summed E-state index contributed by atoms with van der Waals surface area (Å²) >= 11 is 0.